The number of rotatable bonds is 5. The van der Waals surface area contributed by atoms with E-state index in [1.165, 1.54) is 0 Å². The van der Waals surface area contributed by atoms with Crippen LogP contribution >= 0.6 is 11.6 Å². The topological polar surface area (TPSA) is 29.5 Å². The van der Waals surface area contributed by atoms with Crippen LogP contribution in [0, 0.1) is 0 Å². The number of benzene rings is 1. The van der Waals surface area contributed by atoms with E-state index in [0.717, 1.165) is 24.2 Å². The molecule has 0 aromatic heterocycles. The van der Waals surface area contributed by atoms with Crippen molar-refractivity contribution in [3.63, 3.8) is 0 Å². The van der Waals surface area contributed by atoms with Gasteiger partial charge in [0.05, 0.1) is 12.7 Å². The van der Waals surface area contributed by atoms with E-state index in [1.807, 2.05) is 0 Å². The minimum Gasteiger partial charge on any atom is -0.493 e. The summed E-state index contributed by atoms with van der Waals surface area (Å²) in [6.45, 7) is 4.50. The Morgan fingerprint density at radius 3 is 2.80 bits per heavy atom. The van der Waals surface area contributed by atoms with Gasteiger partial charge in [0.15, 0.2) is 0 Å². The van der Waals surface area contributed by atoms with E-state index in [-0.39, 0.29) is 0 Å². The number of unbranched alkanes of at least 4 members (excludes halogenated alkanes) is 1. The van der Waals surface area contributed by atoms with Gasteiger partial charge in [-0.3, -0.25) is 0 Å². The van der Waals surface area contributed by atoms with Crippen molar-refractivity contribution in [3.05, 3.63) is 28.8 Å². The minimum atomic E-state index is -0.555. The minimum absolute atomic E-state index is 0.555. The van der Waals surface area contributed by atoms with E-state index in [9.17, 15) is 5.11 Å². The fourth-order valence-corrected chi connectivity index (χ4v) is 1.48. The third kappa shape index (κ3) is 3.73. The van der Waals surface area contributed by atoms with Crippen molar-refractivity contribution < 1.29 is 9.84 Å². The lowest BCUT2D eigenvalue weighted by molar-refractivity contribution is 0.191. The van der Waals surface area contributed by atoms with Crippen LogP contribution in [0.5, 0.6) is 5.75 Å². The van der Waals surface area contributed by atoms with E-state index in [0.29, 0.717) is 11.6 Å². The van der Waals surface area contributed by atoms with Crippen LogP contribution < -0.4 is 4.74 Å². The molecule has 1 aromatic carbocycles. The molecule has 84 valence electrons. The van der Waals surface area contributed by atoms with Crippen molar-refractivity contribution in [2.45, 2.75) is 32.8 Å². The standard InChI is InChI=1S/C12H17ClO2/c1-3-4-7-15-12-6-5-10(13)8-11(12)9(2)14/h5-6,8-9,14H,3-4,7H2,1-2H3. The second-order valence-electron chi connectivity index (χ2n) is 3.56. The number of halogens is 1. The Labute approximate surface area is 95.8 Å². The van der Waals surface area contributed by atoms with Gasteiger partial charge in [0.25, 0.3) is 0 Å². The van der Waals surface area contributed by atoms with Crippen LogP contribution in [0.1, 0.15) is 38.4 Å². The fourth-order valence-electron chi connectivity index (χ4n) is 1.30. The first-order chi connectivity index (χ1) is 7.15. The van der Waals surface area contributed by atoms with E-state index >= 15 is 0 Å². The molecule has 0 saturated carbocycles. The number of hydrogen-bond acceptors (Lipinski definition) is 2. The quantitative estimate of drug-likeness (QED) is 0.781. The summed E-state index contributed by atoms with van der Waals surface area (Å²) in [7, 11) is 0. The van der Waals surface area contributed by atoms with Gasteiger partial charge < -0.3 is 9.84 Å². The van der Waals surface area contributed by atoms with Gasteiger partial charge in [-0.15, -0.1) is 0 Å². The van der Waals surface area contributed by atoms with Crippen LogP contribution in [0.3, 0.4) is 0 Å². The lowest BCUT2D eigenvalue weighted by Crippen LogP contribution is -2.01. The lowest BCUT2D eigenvalue weighted by Gasteiger charge is -2.13. The summed E-state index contributed by atoms with van der Waals surface area (Å²) < 4.78 is 5.58. The number of hydrogen-bond donors (Lipinski definition) is 1. The third-order valence-electron chi connectivity index (χ3n) is 2.18. The first kappa shape index (κ1) is 12.3. The normalized spacial score (nSPS) is 12.5. The van der Waals surface area contributed by atoms with Crippen LogP contribution in [0.2, 0.25) is 5.02 Å². The van der Waals surface area contributed by atoms with Crippen LogP contribution in [-0.4, -0.2) is 11.7 Å². The van der Waals surface area contributed by atoms with Gasteiger partial charge in [0, 0.05) is 10.6 Å². The summed E-state index contributed by atoms with van der Waals surface area (Å²) in [5.41, 5.74) is 0.749. The van der Waals surface area contributed by atoms with Crippen LogP contribution in [0.4, 0.5) is 0 Å². The monoisotopic (exact) mass is 228 g/mol. The van der Waals surface area contributed by atoms with Gasteiger partial charge in [-0.1, -0.05) is 24.9 Å². The highest BCUT2D eigenvalue weighted by Crippen LogP contribution is 2.28. The maximum absolute atomic E-state index is 9.55. The average molecular weight is 229 g/mol. The van der Waals surface area contributed by atoms with Gasteiger partial charge in [0.2, 0.25) is 0 Å². The predicted molar refractivity (Wildman–Crippen MR) is 62.5 cm³/mol. The van der Waals surface area contributed by atoms with E-state index in [2.05, 4.69) is 6.92 Å². The predicted octanol–water partition coefficient (Wildman–Crippen LogP) is 3.57. The molecule has 3 heteroatoms. The number of ether oxygens (including phenoxy) is 1. The van der Waals surface area contributed by atoms with Crippen molar-refractivity contribution in [2.24, 2.45) is 0 Å². The Kier molecular flexibility index (Phi) is 4.92. The van der Waals surface area contributed by atoms with Gasteiger partial charge in [0.1, 0.15) is 5.75 Å². The molecule has 1 aromatic rings. The van der Waals surface area contributed by atoms with Crippen molar-refractivity contribution >= 4 is 11.6 Å². The molecule has 1 N–H and O–H groups in total. The summed E-state index contributed by atoms with van der Waals surface area (Å²) in [4.78, 5) is 0. The first-order valence-electron chi connectivity index (χ1n) is 5.25. The van der Waals surface area contributed by atoms with E-state index < -0.39 is 6.10 Å². The lowest BCUT2D eigenvalue weighted by atomic mass is 10.1. The summed E-state index contributed by atoms with van der Waals surface area (Å²) in [6.07, 6.45) is 1.56. The highest BCUT2D eigenvalue weighted by molar-refractivity contribution is 6.30. The fraction of sp³-hybridized carbons (Fsp3) is 0.500. The molecule has 1 atom stereocenters. The molecule has 0 saturated heterocycles. The third-order valence-corrected chi connectivity index (χ3v) is 2.41. The van der Waals surface area contributed by atoms with Crippen molar-refractivity contribution in [3.8, 4) is 5.75 Å². The van der Waals surface area contributed by atoms with Crippen molar-refractivity contribution in [1.82, 2.24) is 0 Å². The largest absolute Gasteiger partial charge is 0.493 e. The summed E-state index contributed by atoms with van der Waals surface area (Å²) >= 11 is 5.86. The SMILES string of the molecule is CCCCOc1ccc(Cl)cc1C(C)O. The molecular weight excluding hydrogens is 212 g/mol. The molecule has 2 nitrogen and oxygen atoms in total. The molecule has 15 heavy (non-hydrogen) atoms. The molecule has 1 unspecified atom stereocenters. The molecule has 0 heterocycles. The van der Waals surface area contributed by atoms with Crippen molar-refractivity contribution in [2.75, 3.05) is 6.61 Å². The highest BCUT2D eigenvalue weighted by Gasteiger charge is 2.09. The van der Waals surface area contributed by atoms with E-state index in [1.54, 1.807) is 25.1 Å². The van der Waals surface area contributed by atoms with Gasteiger partial charge >= 0.3 is 0 Å². The molecule has 0 spiro atoms. The molecule has 0 aliphatic carbocycles. The van der Waals surface area contributed by atoms with Gasteiger partial charge in [-0.05, 0) is 31.5 Å². The van der Waals surface area contributed by atoms with Gasteiger partial charge in [-0.25, -0.2) is 0 Å². The Morgan fingerprint density at radius 2 is 2.20 bits per heavy atom. The molecule has 0 aliphatic heterocycles. The number of aliphatic hydroxyl groups excluding tert-OH is 1. The van der Waals surface area contributed by atoms with Crippen LogP contribution in [0.15, 0.2) is 18.2 Å². The van der Waals surface area contributed by atoms with Crippen LogP contribution in [-0.2, 0) is 0 Å². The zero-order valence-electron chi connectivity index (χ0n) is 9.16. The van der Waals surface area contributed by atoms with Crippen molar-refractivity contribution in [1.29, 1.82) is 0 Å². The maximum atomic E-state index is 9.55. The molecular formula is C12H17ClO2. The Hall–Kier alpha value is -0.730. The highest BCUT2D eigenvalue weighted by atomic mass is 35.5. The van der Waals surface area contributed by atoms with Gasteiger partial charge in [-0.2, -0.15) is 0 Å². The summed E-state index contributed by atoms with van der Waals surface area (Å²) in [5, 5.41) is 10.2. The molecule has 1 rings (SSSR count). The zero-order valence-corrected chi connectivity index (χ0v) is 9.92. The molecule has 0 fully saturated rings. The summed E-state index contributed by atoms with van der Waals surface area (Å²) in [6, 6.07) is 5.32. The second kappa shape index (κ2) is 5.99. The smallest absolute Gasteiger partial charge is 0.125 e. The Morgan fingerprint density at radius 1 is 1.47 bits per heavy atom. The molecule has 0 bridgehead atoms. The first-order valence-corrected chi connectivity index (χ1v) is 5.63. The molecule has 0 amide bonds. The summed E-state index contributed by atoms with van der Waals surface area (Å²) in [5.74, 6) is 0.725. The molecule has 0 radical (unpaired) electrons. The Balaban J connectivity index is 2.77. The molecule has 0 aliphatic rings. The zero-order chi connectivity index (χ0) is 11.3. The second-order valence-corrected chi connectivity index (χ2v) is 4.00. The van der Waals surface area contributed by atoms with Crippen LogP contribution in [0.25, 0.3) is 0 Å². The van der Waals surface area contributed by atoms with E-state index in [4.69, 9.17) is 16.3 Å². The average Bonchev–Trinajstić information content (AvgIpc) is 2.20. The maximum Gasteiger partial charge on any atom is 0.125 e. The Bertz CT molecular complexity index is 310. The number of aliphatic hydroxyl groups is 1.